The van der Waals surface area contributed by atoms with Crippen LogP contribution in [0.4, 0.5) is 0 Å². The Morgan fingerprint density at radius 1 is 1.29 bits per heavy atom. The Morgan fingerprint density at radius 2 is 1.82 bits per heavy atom. The topological polar surface area (TPSA) is 49.5 Å². The summed E-state index contributed by atoms with van der Waals surface area (Å²) in [4.78, 5) is 0. The summed E-state index contributed by atoms with van der Waals surface area (Å²) in [7, 11) is 0. The summed E-state index contributed by atoms with van der Waals surface area (Å²) in [5.74, 6) is 0. The molecule has 0 spiro atoms. The van der Waals surface area contributed by atoms with Crippen LogP contribution in [0.1, 0.15) is 31.9 Å². The minimum Gasteiger partial charge on any atom is -0.622 e. The molecule has 1 N–H and O–H groups in total. The van der Waals surface area contributed by atoms with Gasteiger partial charge in [-0.3, -0.25) is 0 Å². The molecule has 1 atom stereocenters. The van der Waals surface area contributed by atoms with Crippen LogP contribution in [0, 0.1) is 12.1 Å². The Bertz CT molecular complexity index is 463. The Hall–Kier alpha value is -1.39. The lowest BCUT2D eigenvalue weighted by atomic mass is 9.92. The normalized spacial score (nSPS) is 24.4. The molecule has 1 heterocycles. The van der Waals surface area contributed by atoms with Crippen molar-refractivity contribution in [2.75, 3.05) is 0 Å². The third-order valence-electron chi connectivity index (χ3n) is 3.39. The highest BCUT2D eigenvalue weighted by Crippen LogP contribution is 2.28. The molecule has 0 fully saturated rings. The molecule has 0 aliphatic carbocycles. The van der Waals surface area contributed by atoms with Gasteiger partial charge in [0.15, 0.2) is 0 Å². The van der Waals surface area contributed by atoms with Gasteiger partial charge in [-0.05, 0) is 32.9 Å². The van der Waals surface area contributed by atoms with Gasteiger partial charge in [-0.1, -0.05) is 17.7 Å². The molecule has 1 aliphatic heterocycles. The van der Waals surface area contributed by atoms with Gasteiger partial charge in [-0.15, -0.1) is 5.06 Å². The molecule has 4 nitrogen and oxygen atoms in total. The molecule has 1 aromatic carbocycles. The summed E-state index contributed by atoms with van der Waals surface area (Å²) in [6, 6.07) is 7.78. The largest absolute Gasteiger partial charge is 0.622 e. The van der Waals surface area contributed by atoms with E-state index in [-0.39, 0.29) is 0 Å². The molecule has 1 aliphatic rings. The second kappa shape index (κ2) is 3.82. The average Bonchev–Trinajstić information content (AvgIpc) is 2.42. The first-order valence-electron chi connectivity index (χ1n) is 5.74. The maximum atomic E-state index is 12.1. The maximum Gasteiger partial charge on any atom is 0.238 e. The minimum absolute atomic E-state index is 0.554. The Kier molecular flexibility index (Phi) is 2.72. The summed E-state index contributed by atoms with van der Waals surface area (Å²) in [6.07, 6.45) is -0.554. The highest BCUT2D eigenvalue weighted by Gasteiger charge is 2.49. The van der Waals surface area contributed by atoms with Gasteiger partial charge >= 0.3 is 0 Å². The summed E-state index contributed by atoms with van der Waals surface area (Å²) in [6.45, 7) is 7.38. The Labute approximate surface area is 101 Å². The second-order valence-corrected chi connectivity index (χ2v) is 5.08. The van der Waals surface area contributed by atoms with Crippen molar-refractivity contribution in [2.45, 2.75) is 39.4 Å². The third kappa shape index (κ3) is 1.73. The summed E-state index contributed by atoms with van der Waals surface area (Å²) in [5, 5.41) is 23.2. The van der Waals surface area contributed by atoms with Gasteiger partial charge in [0.05, 0.1) is 0 Å². The van der Waals surface area contributed by atoms with Crippen molar-refractivity contribution in [3.63, 3.8) is 0 Å². The van der Waals surface area contributed by atoms with E-state index in [1.807, 2.05) is 45.0 Å². The highest BCUT2D eigenvalue weighted by molar-refractivity contribution is 6.04. The van der Waals surface area contributed by atoms with Crippen molar-refractivity contribution < 1.29 is 9.95 Å². The van der Waals surface area contributed by atoms with Crippen molar-refractivity contribution in [1.82, 2.24) is 5.06 Å². The van der Waals surface area contributed by atoms with Crippen molar-refractivity contribution >= 4 is 5.71 Å². The van der Waals surface area contributed by atoms with E-state index in [0.717, 1.165) is 20.9 Å². The van der Waals surface area contributed by atoms with Gasteiger partial charge in [0.1, 0.15) is 5.54 Å². The molecule has 0 unspecified atom stereocenters. The predicted molar refractivity (Wildman–Crippen MR) is 66.1 cm³/mol. The molecular weight excluding hydrogens is 216 g/mol. The summed E-state index contributed by atoms with van der Waals surface area (Å²) in [5.41, 5.74) is 1.94. The van der Waals surface area contributed by atoms with Crippen LogP contribution in [0.5, 0.6) is 0 Å². The van der Waals surface area contributed by atoms with Crippen LogP contribution in [0.3, 0.4) is 0 Å². The number of hydroxylamine groups is 3. The average molecular weight is 234 g/mol. The molecular formula is C13H18N2O2. The first-order valence-corrected chi connectivity index (χ1v) is 5.74. The number of hydrogen-bond acceptors (Lipinski definition) is 3. The number of nitrogens with zero attached hydrogens (tertiary/aromatic N) is 2. The molecule has 92 valence electrons. The molecule has 0 bridgehead atoms. The van der Waals surface area contributed by atoms with E-state index in [0.29, 0.717) is 5.71 Å². The van der Waals surface area contributed by atoms with Gasteiger partial charge in [0.25, 0.3) is 0 Å². The standard InChI is InChI=1S/C13H18N2O2/c1-9-5-7-11(8-6-9)12-13(3,4)15(17)10(2)14(12)16/h5-8,10,17H,1-4H3/t10-/m1/s1. The molecule has 1 aromatic rings. The van der Waals surface area contributed by atoms with E-state index in [1.165, 1.54) is 0 Å². The zero-order chi connectivity index (χ0) is 12.8. The molecule has 2 rings (SSSR count). The van der Waals surface area contributed by atoms with Gasteiger partial charge < -0.3 is 10.4 Å². The van der Waals surface area contributed by atoms with E-state index in [1.54, 1.807) is 6.92 Å². The lowest BCUT2D eigenvalue weighted by Crippen LogP contribution is -2.45. The lowest BCUT2D eigenvalue weighted by Gasteiger charge is -2.24. The van der Waals surface area contributed by atoms with E-state index >= 15 is 0 Å². The molecule has 0 saturated carbocycles. The number of hydrogen-bond donors (Lipinski definition) is 1. The van der Waals surface area contributed by atoms with Crippen molar-refractivity contribution in [3.05, 3.63) is 40.6 Å². The van der Waals surface area contributed by atoms with E-state index in [2.05, 4.69) is 0 Å². The fourth-order valence-electron chi connectivity index (χ4n) is 2.32. The number of rotatable bonds is 1. The second-order valence-electron chi connectivity index (χ2n) is 5.08. The van der Waals surface area contributed by atoms with Gasteiger partial charge in [-0.25, -0.2) is 0 Å². The van der Waals surface area contributed by atoms with Crippen molar-refractivity contribution in [2.24, 2.45) is 0 Å². The predicted octanol–water partition coefficient (Wildman–Crippen LogP) is 2.12. The van der Waals surface area contributed by atoms with E-state index in [4.69, 9.17) is 0 Å². The highest BCUT2D eigenvalue weighted by atomic mass is 16.5. The van der Waals surface area contributed by atoms with Crippen LogP contribution in [0.25, 0.3) is 0 Å². The van der Waals surface area contributed by atoms with Gasteiger partial charge in [-0.2, -0.15) is 4.74 Å². The summed E-state index contributed by atoms with van der Waals surface area (Å²) >= 11 is 0. The first kappa shape index (κ1) is 12.1. The molecule has 0 aromatic heterocycles. The zero-order valence-corrected chi connectivity index (χ0v) is 10.6. The fraction of sp³-hybridized carbons (Fsp3) is 0.462. The molecule has 0 radical (unpaired) electrons. The molecule has 0 saturated heterocycles. The molecule has 17 heavy (non-hydrogen) atoms. The lowest BCUT2D eigenvalue weighted by molar-refractivity contribution is -0.531. The van der Waals surface area contributed by atoms with Crippen LogP contribution in [0.2, 0.25) is 0 Å². The fourth-order valence-corrected chi connectivity index (χ4v) is 2.32. The van der Waals surface area contributed by atoms with Crippen LogP contribution in [0.15, 0.2) is 24.3 Å². The van der Waals surface area contributed by atoms with Crippen molar-refractivity contribution in [3.8, 4) is 0 Å². The van der Waals surface area contributed by atoms with Crippen LogP contribution in [-0.2, 0) is 0 Å². The number of aryl methyl sites for hydroxylation is 1. The van der Waals surface area contributed by atoms with E-state index < -0.39 is 11.7 Å². The first-order chi connectivity index (χ1) is 7.85. The smallest absolute Gasteiger partial charge is 0.238 e. The molecule has 0 amide bonds. The SMILES string of the molecule is Cc1ccc(C2=[N+]([O-])[C@@H](C)N(O)C2(C)C)cc1. The zero-order valence-electron chi connectivity index (χ0n) is 10.6. The molecule has 4 heteroatoms. The minimum atomic E-state index is -0.670. The van der Waals surface area contributed by atoms with Gasteiger partial charge in [0, 0.05) is 12.5 Å². The maximum absolute atomic E-state index is 12.1. The van der Waals surface area contributed by atoms with Crippen molar-refractivity contribution in [1.29, 1.82) is 0 Å². The Balaban J connectivity index is 2.53. The summed E-state index contributed by atoms with van der Waals surface area (Å²) < 4.78 is 0.880. The quantitative estimate of drug-likeness (QED) is 0.598. The monoisotopic (exact) mass is 234 g/mol. The van der Waals surface area contributed by atoms with Crippen LogP contribution in [-0.4, -0.2) is 32.4 Å². The van der Waals surface area contributed by atoms with Gasteiger partial charge in [0.2, 0.25) is 11.9 Å². The van der Waals surface area contributed by atoms with Crippen LogP contribution < -0.4 is 0 Å². The number of benzene rings is 1. The van der Waals surface area contributed by atoms with Crippen LogP contribution >= 0.6 is 0 Å². The third-order valence-corrected chi connectivity index (χ3v) is 3.39. The van der Waals surface area contributed by atoms with E-state index in [9.17, 15) is 10.4 Å². The Morgan fingerprint density at radius 3 is 2.24 bits per heavy atom.